The van der Waals surface area contributed by atoms with E-state index in [0.717, 1.165) is 0 Å². The average Bonchev–Trinajstić information content (AvgIpc) is 2.56. The van der Waals surface area contributed by atoms with Crippen LogP contribution in [0.15, 0.2) is 23.1 Å². The monoisotopic (exact) mass is 403 g/mol. The minimum absolute atomic E-state index is 0.0571. The molecule has 0 bridgehead atoms. The first kappa shape index (κ1) is 20.6. The molecule has 1 aliphatic rings. The smallest absolute Gasteiger partial charge is 0.303 e. The van der Waals surface area contributed by atoms with Gasteiger partial charge in [-0.1, -0.05) is 11.6 Å². The molecule has 0 spiro atoms. The summed E-state index contributed by atoms with van der Waals surface area (Å²) in [5.74, 6) is -1.17. The fourth-order valence-corrected chi connectivity index (χ4v) is 4.23. The summed E-state index contributed by atoms with van der Waals surface area (Å²) >= 11 is 6.16. The van der Waals surface area contributed by atoms with Crippen LogP contribution in [0.25, 0.3) is 0 Å². The molecule has 1 heterocycles. The molecule has 0 saturated carbocycles. The van der Waals surface area contributed by atoms with Crippen molar-refractivity contribution in [2.45, 2.75) is 31.3 Å². The summed E-state index contributed by atoms with van der Waals surface area (Å²) in [5.41, 5.74) is -1.16. The molecule has 10 heteroatoms. The van der Waals surface area contributed by atoms with E-state index in [1.54, 1.807) is 0 Å². The number of nitrogens with one attached hydrogen (secondary N) is 2. The predicted octanol–water partition coefficient (Wildman–Crippen LogP) is 1.21. The molecule has 2 N–H and O–H groups in total. The second kappa shape index (κ2) is 7.91. The van der Waals surface area contributed by atoms with Crippen LogP contribution in [-0.4, -0.2) is 56.4 Å². The van der Waals surface area contributed by atoms with Crippen molar-refractivity contribution in [3.63, 3.8) is 0 Å². The van der Waals surface area contributed by atoms with E-state index < -0.39 is 27.5 Å². The standard InChI is InChI=1S/C16H22ClN3O5S/c1-11(21)25-16(2,3)15(22)19-14-5-4-12(10-13(14)17)26(23,24)20-8-6-18-7-9-20/h4-5,10,18H,6-9H2,1-3H3,(H,19,22). The minimum Gasteiger partial charge on any atom is -0.450 e. The average molecular weight is 404 g/mol. The highest BCUT2D eigenvalue weighted by atomic mass is 35.5. The first-order chi connectivity index (χ1) is 12.0. The van der Waals surface area contributed by atoms with Gasteiger partial charge in [0.25, 0.3) is 5.91 Å². The van der Waals surface area contributed by atoms with Crippen molar-refractivity contribution in [1.29, 1.82) is 0 Å². The fraction of sp³-hybridized carbons (Fsp3) is 0.500. The summed E-state index contributed by atoms with van der Waals surface area (Å²) in [5, 5.41) is 5.72. The van der Waals surface area contributed by atoms with E-state index in [-0.39, 0.29) is 15.6 Å². The second-order valence-electron chi connectivity index (χ2n) is 6.35. The molecule has 1 fully saturated rings. The Hall–Kier alpha value is -1.68. The summed E-state index contributed by atoms with van der Waals surface area (Å²) in [6.45, 7) is 6.04. The fourth-order valence-electron chi connectivity index (χ4n) is 2.47. The van der Waals surface area contributed by atoms with Gasteiger partial charge in [-0.2, -0.15) is 4.31 Å². The van der Waals surface area contributed by atoms with Crippen LogP contribution in [0, 0.1) is 0 Å². The molecule has 144 valence electrons. The summed E-state index contributed by atoms with van der Waals surface area (Å²) in [7, 11) is -3.65. The Bertz CT molecular complexity index is 804. The number of anilines is 1. The maximum atomic E-state index is 12.6. The van der Waals surface area contributed by atoms with Crippen molar-refractivity contribution in [2.24, 2.45) is 0 Å². The number of amides is 1. The number of carbonyl (C=O) groups excluding carboxylic acids is 2. The van der Waals surface area contributed by atoms with Crippen LogP contribution >= 0.6 is 11.6 Å². The Kier molecular flexibility index (Phi) is 6.28. The van der Waals surface area contributed by atoms with Gasteiger partial charge in [0.15, 0.2) is 5.60 Å². The molecular formula is C16H22ClN3O5S. The molecule has 0 atom stereocenters. The SMILES string of the molecule is CC(=O)OC(C)(C)C(=O)Nc1ccc(S(=O)(=O)N2CCNCC2)cc1Cl. The zero-order valence-corrected chi connectivity index (χ0v) is 16.4. The summed E-state index contributed by atoms with van der Waals surface area (Å²) in [6, 6.07) is 4.10. The predicted molar refractivity (Wildman–Crippen MR) is 97.6 cm³/mol. The summed E-state index contributed by atoms with van der Waals surface area (Å²) in [4.78, 5) is 23.4. The lowest BCUT2D eigenvalue weighted by Crippen LogP contribution is -2.46. The number of rotatable bonds is 5. The Labute approximate surface area is 157 Å². The number of ether oxygens (including phenoxy) is 1. The van der Waals surface area contributed by atoms with E-state index in [0.29, 0.717) is 26.2 Å². The number of carbonyl (C=O) groups is 2. The largest absolute Gasteiger partial charge is 0.450 e. The van der Waals surface area contributed by atoms with E-state index in [9.17, 15) is 18.0 Å². The molecular weight excluding hydrogens is 382 g/mol. The molecule has 1 aromatic carbocycles. The van der Waals surface area contributed by atoms with Crippen molar-refractivity contribution in [3.8, 4) is 0 Å². The Balaban J connectivity index is 2.19. The van der Waals surface area contributed by atoms with Crippen molar-refractivity contribution in [3.05, 3.63) is 23.2 Å². The van der Waals surface area contributed by atoms with Gasteiger partial charge in [0.1, 0.15) is 0 Å². The number of hydrogen-bond acceptors (Lipinski definition) is 6. The zero-order chi connectivity index (χ0) is 19.5. The van der Waals surface area contributed by atoms with Crippen molar-refractivity contribution >= 4 is 39.2 Å². The number of benzene rings is 1. The van der Waals surface area contributed by atoms with Gasteiger partial charge in [0, 0.05) is 33.1 Å². The van der Waals surface area contributed by atoms with E-state index in [1.165, 1.54) is 43.3 Å². The molecule has 0 radical (unpaired) electrons. The summed E-state index contributed by atoms with van der Waals surface area (Å²) < 4.78 is 31.6. The molecule has 1 saturated heterocycles. The van der Waals surface area contributed by atoms with Crippen molar-refractivity contribution in [1.82, 2.24) is 9.62 Å². The van der Waals surface area contributed by atoms with Crippen LogP contribution in [0.5, 0.6) is 0 Å². The molecule has 2 rings (SSSR count). The van der Waals surface area contributed by atoms with E-state index in [4.69, 9.17) is 16.3 Å². The molecule has 1 amide bonds. The lowest BCUT2D eigenvalue weighted by atomic mass is 10.1. The molecule has 0 aromatic heterocycles. The highest BCUT2D eigenvalue weighted by Gasteiger charge is 2.32. The number of hydrogen-bond donors (Lipinski definition) is 2. The van der Waals surface area contributed by atoms with Crippen LogP contribution in [0.3, 0.4) is 0 Å². The number of halogens is 1. The van der Waals surface area contributed by atoms with Crippen LogP contribution in [0.1, 0.15) is 20.8 Å². The van der Waals surface area contributed by atoms with E-state index in [2.05, 4.69) is 10.6 Å². The molecule has 1 aliphatic heterocycles. The van der Waals surface area contributed by atoms with Gasteiger partial charge in [-0.05, 0) is 32.0 Å². The van der Waals surface area contributed by atoms with Crippen molar-refractivity contribution < 1.29 is 22.7 Å². The minimum atomic E-state index is -3.65. The van der Waals surface area contributed by atoms with E-state index >= 15 is 0 Å². The third-order valence-corrected chi connectivity index (χ3v) is 6.06. The summed E-state index contributed by atoms with van der Waals surface area (Å²) in [6.07, 6.45) is 0. The third-order valence-electron chi connectivity index (χ3n) is 3.85. The van der Waals surface area contributed by atoms with Gasteiger partial charge in [-0.25, -0.2) is 8.42 Å². The lowest BCUT2D eigenvalue weighted by molar-refractivity contribution is -0.160. The van der Waals surface area contributed by atoms with Gasteiger partial charge in [0.2, 0.25) is 10.0 Å². The van der Waals surface area contributed by atoms with Gasteiger partial charge < -0.3 is 15.4 Å². The molecule has 26 heavy (non-hydrogen) atoms. The molecule has 0 aliphatic carbocycles. The first-order valence-electron chi connectivity index (χ1n) is 8.05. The number of nitrogens with zero attached hydrogens (tertiary/aromatic N) is 1. The quantitative estimate of drug-likeness (QED) is 0.716. The first-order valence-corrected chi connectivity index (χ1v) is 9.87. The van der Waals surface area contributed by atoms with Crippen LogP contribution < -0.4 is 10.6 Å². The van der Waals surface area contributed by atoms with Gasteiger partial charge in [-0.15, -0.1) is 0 Å². The van der Waals surface area contributed by atoms with Gasteiger partial charge in [0.05, 0.1) is 15.6 Å². The Morgan fingerprint density at radius 1 is 1.27 bits per heavy atom. The van der Waals surface area contributed by atoms with Crippen LogP contribution in [-0.2, 0) is 24.3 Å². The lowest BCUT2D eigenvalue weighted by Gasteiger charge is -2.27. The van der Waals surface area contributed by atoms with Gasteiger partial charge in [-0.3, -0.25) is 9.59 Å². The highest BCUT2D eigenvalue weighted by molar-refractivity contribution is 7.89. The van der Waals surface area contributed by atoms with E-state index in [1.807, 2.05) is 0 Å². The molecule has 0 unspecified atom stereocenters. The van der Waals surface area contributed by atoms with Crippen molar-refractivity contribution in [2.75, 3.05) is 31.5 Å². The second-order valence-corrected chi connectivity index (χ2v) is 8.70. The Morgan fingerprint density at radius 3 is 2.42 bits per heavy atom. The highest BCUT2D eigenvalue weighted by Crippen LogP contribution is 2.28. The van der Waals surface area contributed by atoms with Crippen LogP contribution in [0.2, 0.25) is 5.02 Å². The van der Waals surface area contributed by atoms with Gasteiger partial charge >= 0.3 is 5.97 Å². The maximum absolute atomic E-state index is 12.6. The third kappa shape index (κ3) is 4.73. The number of sulfonamides is 1. The number of piperazine rings is 1. The topological polar surface area (TPSA) is 105 Å². The normalized spacial score (nSPS) is 16.2. The van der Waals surface area contributed by atoms with Crippen LogP contribution in [0.4, 0.5) is 5.69 Å². The maximum Gasteiger partial charge on any atom is 0.303 e. The molecule has 8 nitrogen and oxygen atoms in total. The zero-order valence-electron chi connectivity index (χ0n) is 14.8. The number of esters is 1. The molecule has 1 aromatic rings. The Morgan fingerprint density at radius 2 is 1.88 bits per heavy atom.